The van der Waals surface area contributed by atoms with Crippen molar-refractivity contribution in [3.8, 4) is 0 Å². The molecule has 2 N–H and O–H groups in total. The Balaban J connectivity index is 1.54. The standard InChI is InChI=1S/C13H24N2OS/c1-2-11(13-8-16-6-5-14-13)12(3-1)15-10-4-7-17-9-10/h10-15H,1-9H2. The molecular weight excluding hydrogens is 232 g/mol. The fraction of sp³-hybridized carbons (Fsp3) is 1.00. The predicted molar refractivity (Wildman–Crippen MR) is 72.6 cm³/mol. The zero-order valence-corrected chi connectivity index (χ0v) is 11.3. The quantitative estimate of drug-likeness (QED) is 0.796. The number of hydrogen-bond donors (Lipinski definition) is 2. The molecule has 0 bridgehead atoms. The summed E-state index contributed by atoms with van der Waals surface area (Å²) in [4.78, 5) is 0. The fourth-order valence-corrected chi connectivity index (χ4v) is 4.67. The number of nitrogens with one attached hydrogen (secondary N) is 2. The van der Waals surface area contributed by atoms with Gasteiger partial charge in [0.2, 0.25) is 0 Å². The average Bonchev–Trinajstić information content (AvgIpc) is 3.02. The van der Waals surface area contributed by atoms with E-state index in [9.17, 15) is 0 Å². The molecule has 3 fully saturated rings. The van der Waals surface area contributed by atoms with Crippen LogP contribution >= 0.6 is 11.8 Å². The van der Waals surface area contributed by atoms with E-state index in [4.69, 9.17) is 4.74 Å². The van der Waals surface area contributed by atoms with Crippen molar-refractivity contribution in [2.75, 3.05) is 31.3 Å². The first kappa shape index (κ1) is 12.3. The molecule has 0 spiro atoms. The highest BCUT2D eigenvalue weighted by atomic mass is 32.2. The van der Waals surface area contributed by atoms with E-state index in [0.717, 1.165) is 37.8 Å². The topological polar surface area (TPSA) is 33.3 Å². The van der Waals surface area contributed by atoms with Crippen molar-refractivity contribution in [2.24, 2.45) is 5.92 Å². The molecule has 2 saturated heterocycles. The van der Waals surface area contributed by atoms with E-state index in [0.29, 0.717) is 6.04 Å². The van der Waals surface area contributed by atoms with Gasteiger partial charge < -0.3 is 15.4 Å². The second kappa shape index (κ2) is 5.91. The van der Waals surface area contributed by atoms with Crippen molar-refractivity contribution >= 4 is 11.8 Å². The Morgan fingerprint density at radius 3 is 3.00 bits per heavy atom. The van der Waals surface area contributed by atoms with Crippen LogP contribution in [-0.4, -0.2) is 49.4 Å². The lowest BCUT2D eigenvalue weighted by molar-refractivity contribution is 0.0519. The van der Waals surface area contributed by atoms with Crippen LogP contribution in [0.3, 0.4) is 0 Å². The summed E-state index contributed by atoms with van der Waals surface area (Å²) < 4.78 is 5.62. The minimum Gasteiger partial charge on any atom is -0.379 e. The van der Waals surface area contributed by atoms with Gasteiger partial charge in [-0.15, -0.1) is 0 Å². The van der Waals surface area contributed by atoms with Crippen molar-refractivity contribution in [1.29, 1.82) is 0 Å². The van der Waals surface area contributed by atoms with Crippen LogP contribution in [0.15, 0.2) is 0 Å². The summed E-state index contributed by atoms with van der Waals surface area (Å²) in [7, 11) is 0. The normalized spacial score (nSPS) is 43.1. The van der Waals surface area contributed by atoms with E-state index in [1.807, 2.05) is 0 Å². The van der Waals surface area contributed by atoms with E-state index in [2.05, 4.69) is 22.4 Å². The number of thioether (sulfide) groups is 1. The zero-order chi connectivity index (χ0) is 11.5. The van der Waals surface area contributed by atoms with Gasteiger partial charge in [0.15, 0.2) is 0 Å². The third-order valence-electron chi connectivity index (χ3n) is 4.42. The first-order valence-corrected chi connectivity index (χ1v) is 8.24. The number of morpholine rings is 1. The summed E-state index contributed by atoms with van der Waals surface area (Å²) in [5.41, 5.74) is 0. The van der Waals surface area contributed by atoms with Gasteiger partial charge in [0.05, 0.1) is 13.2 Å². The first-order valence-electron chi connectivity index (χ1n) is 7.08. The highest BCUT2D eigenvalue weighted by Crippen LogP contribution is 2.31. The average molecular weight is 256 g/mol. The minimum absolute atomic E-state index is 0.595. The number of rotatable bonds is 3. The molecule has 17 heavy (non-hydrogen) atoms. The second-order valence-corrected chi connectivity index (χ2v) is 6.71. The molecule has 1 aliphatic carbocycles. The lowest BCUT2D eigenvalue weighted by Gasteiger charge is -2.34. The minimum atomic E-state index is 0.595. The molecule has 3 aliphatic rings. The van der Waals surface area contributed by atoms with Crippen molar-refractivity contribution in [2.45, 2.75) is 43.8 Å². The molecule has 3 nitrogen and oxygen atoms in total. The summed E-state index contributed by atoms with van der Waals surface area (Å²) in [6, 6.07) is 2.10. The van der Waals surface area contributed by atoms with Crippen LogP contribution in [0.4, 0.5) is 0 Å². The zero-order valence-electron chi connectivity index (χ0n) is 10.5. The molecule has 98 valence electrons. The molecule has 2 aliphatic heterocycles. The molecule has 4 heteroatoms. The number of hydrogen-bond acceptors (Lipinski definition) is 4. The van der Waals surface area contributed by atoms with Gasteiger partial charge in [0.1, 0.15) is 0 Å². The van der Waals surface area contributed by atoms with Gasteiger partial charge in [-0.25, -0.2) is 0 Å². The van der Waals surface area contributed by atoms with Gasteiger partial charge in [-0.3, -0.25) is 0 Å². The van der Waals surface area contributed by atoms with Crippen molar-refractivity contribution in [3.63, 3.8) is 0 Å². The van der Waals surface area contributed by atoms with Crippen LogP contribution in [-0.2, 0) is 4.74 Å². The maximum absolute atomic E-state index is 5.62. The summed E-state index contributed by atoms with van der Waals surface area (Å²) in [5, 5.41) is 7.55. The molecule has 4 unspecified atom stereocenters. The summed E-state index contributed by atoms with van der Waals surface area (Å²) >= 11 is 2.10. The van der Waals surface area contributed by atoms with E-state index >= 15 is 0 Å². The Bertz CT molecular complexity index is 240. The molecule has 3 rings (SSSR count). The molecule has 0 aromatic carbocycles. The van der Waals surface area contributed by atoms with Crippen LogP contribution in [0, 0.1) is 5.92 Å². The van der Waals surface area contributed by atoms with Gasteiger partial charge >= 0.3 is 0 Å². The van der Waals surface area contributed by atoms with Crippen LogP contribution in [0.2, 0.25) is 0 Å². The maximum Gasteiger partial charge on any atom is 0.0623 e. The van der Waals surface area contributed by atoms with Gasteiger partial charge in [0, 0.05) is 30.4 Å². The second-order valence-electron chi connectivity index (χ2n) is 5.56. The molecule has 0 radical (unpaired) electrons. The van der Waals surface area contributed by atoms with Crippen molar-refractivity contribution in [3.05, 3.63) is 0 Å². The maximum atomic E-state index is 5.62. The highest BCUT2D eigenvalue weighted by Gasteiger charge is 2.35. The van der Waals surface area contributed by atoms with Crippen molar-refractivity contribution < 1.29 is 4.74 Å². The first-order chi connectivity index (χ1) is 8.43. The Kier molecular flexibility index (Phi) is 4.27. The summed E-state index contributed by atoms with van der Waals surface area (Å²) in [6.45, 7) is 2.84. The van der Waals surface area contributed by atoms with Crippen LogP contribution in [0.25, 0.3) is 0 Å². The molecular formula is C13H24N2OS. The monoisotopic (exact) mass is 256 g/mol. The Morgan fingerprint density at radius 1 is 1.24 bits per heavy atom. The SMILES string of the molecule is C1CC(NC2CCSC2)C(C2COCCN2)C1. The smallest absolute Gasteiger partial charge is 0.0623 e. The largest absolute Gasteiger partial charge is 0.379 e. The Morgan fingerprint density at radius 2 is 2.24 bits per heavy atom. The molecule has 2 heterocycles. The highest BCUT2D eigenvalue weighted by molar-refractivity contribution is 7.99. The Labute approximate surface area is 108 Å². The van der Waals surface area contributed by atoms with E-state index in [-0.39, 0.29) is 0 Å². The van der Waals surface area contributed by atoms with E-state index < -0.39 is 0 Å². The Hall–Kier alpha value is 0.230. The molecule has 4 atom stereocenters. The lowest BCUT2D eigenvalue weighted by atomic mass is 9.93. The fourth-order valence-electron chi connectivity index (χ4n) is 3.51. The molecule has 1 saturated carbocycles. The van der Waals surface area contributed by atoms with Crippen molar-refractivity contribution in [1.82, 2.24) is 10.6 Å². The van der Waals surface area contributed by atoms with E-state index in [1.54, 1.807) is 0 Å². The van der Waals surface area contributed by atoms with Crippen LogP contribution < -0.4 is 10.6 Å². The third-order valence-corrected chi connectivity index (χ3v) is 5.58. The van der Waals surface area contributed by atoms with E-state index in [1.165, 1.54) is 37.2 Å². The van der Waals surface area contributed by atoms with Crippen LogP contribution in [0.1, 0.15) is 25.7 Å². The predicted octanol–water partition coefficient (Wildman–Crippen LogP) is 1.24. The third kappa shape index (κ3) is 2.98. The summed E-state index contributed by atoms with van der Waals surface area (Å²) in [5.74, 6) is 3.46. The summed E-state index contributed by atoms with van der Waals surface area (Å²) in [6.07, 6.45) is 5.49. The lowest BCUT2D eigenvalue weighted by Crippen LogP contribution is -2.52. The van der Waals surface area contributed by atoms with Gasteiger partial charge in [-0.2, -0.15) is 11.8 Å². The van der Waals surface area contributed by atoms with Crippen LogP contribution in [0.5, 0.6) is 0 Å². The van der Waals surface area contributed by atoms with Gasteiger partial charge in [-0.05, 0) is 30.9 Å². The molecule has 0 aromatic rings. The van der Waals surface area contributed by atoms with Gasteiger partial charge in [-0.1, -0.05) is 6.42 Å². The molecule has 0 aromatic heterocycles. The van der Waals surface area contributed by atoms with Gasteiger partial charge in [0.25, 0.3) is 0 Å². The number of ether oxygens (including phenoxy) is 1. The molecule has 0 amide bonds.